The maximum atomic E-state index is 12.2. The Morgan fingerprint density at radius 3 is 2.18 bits per heavy atom. The van der Waals surface area contributed by atoms with Gasteiger partial charge in [0, 0.05) is 0 Å². The fraction of sp³-hybridized carbons (Fsp3) is 0.500. The Hall–Kier alpha value is -2.24. The summed E-state index contributed by atoms with van der Waals surface area (Å²) in [6.45, 7) is 9.02. The van der Waals surface area contributed by atoms with Crippen molar-refractivity contribution in [2.24, 2.45) is 5.92 Å². The van der Waals surface area contributed by atoms with Crippen LogP contribution in [0.3, 0.4) is 0 Å². The maximum absolute atomic E-state index is 12.2. The van der Waals surface area contributed by atoms with Crippen molar-refractivity contribution < 1.29 is 14.3 Å². The molecule has 1 aromatic carbocycles. The van der Waals surface area contributed by atoms with Gasteiger partial charge in [-0.05, 0) is 38.8 Å². The van der Waals surface area contributed by atoms with Gasteiger partial charge < -0.3 is 10.1 Å². The highest BCUT2D eigenvalue weighted by molar-refractivity contribution is 5.86. The largest absolute Gasteiger partial charge is 0.444 e. The van der Waals surface area contributed by atoms with Crippen molar-refractivity contribution in [3.8, 4) is 0 Å². The molecule has 1 unspecified atom stereocenters. The summed E-state index contributed by atoms with van der Waals surface area (Å²) in [5.74, 6) is -0.408. The molecule has 0 bridgehead atoms. The molecule has 2 amide bonds. The second kappa shape index (κ2) is 7.68. The van der Waals surface area contributed by atoms with Gasteiger partial charge in [-0.3, -0.25) is 15.6 Å². The first-order valence-corrected chi connectivity index (χ1v) is 7.29. The van der Waals surface area contributed by atoms with Crippen molar-refractivity contribution in [3.63, 3.8) is 0 Å². The summed E-state index contributed by atoms with van der Waals surface area (Å²) in [5.41, 5.74) is 5.55. The predicted molar refractivity (Wildman–Crippen MR) is 86.2 cm³/mol. The van der Waals surface area contributed by atoms with E-state index in [4.69, 9.17) is 4.74 Å². The number of benzene rings is 1. The first-order valence-electron chi connectivity index (χ1n) is 7.29. The maximum Gasteiger partial charge on any atom is 0.408 e. The molecule has 0 heterocycles. The van der Waals surface area contributed by atoms with Crippen LogP contribution < -0.4 is 16.2 Å². The summed E-state index contributed by atoms with van der Waals surface area (Å²) < 4.78 is 5.18. The molecule has 1 atom stereocenters. The predicted octanol–water partition coefficient (Wildman–Crippen LogP) is 2.68. The number of ether oxygens (including phenoxy) is 1. The van der Waals surface area contributed by atoms with Crippen LogP contribution in [0.4, 0.5) is 10.5 Å². The Labute approximate surface area is 131 Å². The number of nitrogens with one attached hydrogen (secondary N) is 3. The van der Waals surface area contributed by atoms with E-state index in [2.05, 4.69) is 16.2 Å². The Morgan fingerprint density at radius 2 is 1.68 bits per heavy atom. The molecule has 0 saturated heterocycles. The molecule has 0 saturated carbocycles. The number of hydrogen-bond donors (Lipinski definition) is 3. The third kappa shape index (κ3) is 6.47. The van der Waals surface area contributed by atoms with Crippen molar-refractivity contribution in [1.82, 2.24) is 10.7 Å². The second-order valence-corrected chi connectivity index (χ2v) is 6.35. The van der Waals surface area contributed by atoms with Crippen molar-refractivity contribution in [3.05, 3.63) is 30.3 Å². The molecule has 6 nitrogen and oxygen atoms in total. The van der Waals surface area contributed by atoms with E-state index in [1.165, 1.54) is 0 Å². The summed E-state index contributed by atoms with van der Waals surface area (Å²) in [6.07, 6.45) is -0.610. The topological polar surface area (TPSA) is 79.5 Å². The highest BCUT2D eigenvalue weighted by atomic mass is 16.6. The highest BCUT2D eigenvalue weighted by Crippen LogP contribution is 2.09. The molecule has 0 aliphatic carbocycles. The number of amides is 2. The molecule has 0 radical (unpaired) electrons. The molecule has 1 rings (SSSR count). The fourth-order valence-corrected chi connectivity index (χ4v) is 1.70. The van der Waals surface area contributed by atoms with E-state index in [0.717, 1.165) is 5.69 Å². The number of anilines is 1. The zero-order valence-electron chi connectivity index (χ0n) is 13.8. The number of carbonyl (C=O) groups is 2. The molecular weight excluding hydrogens is 282 g/mol. The molecule has 0 aliphatic rings. The lowest BCUT2D eigenvalue weighted by molar-refractivity contribution is -0.123. The monoisotopic (exact) mass is 307 g/mol. The minimum atomic E-state index is -0.689. The Balaban J connectivity index is 2.58. The number of hydrogen-bond acceptors (Lipinski definition) is 4. The van der Waals surface area contributed by atoms with Crippen LogP contribution >= 0.6 is 0 Å². The van der Waals surface area contributed by atoms with E-state index < -0.39 is 17.7 Å². The van der Waals surface area contributed by atoms with Crippen molar-refractivity contribution in [2.45, 2.75) is 46.3 Å². The molecule has 0 aromatic heterocycles. The van der Waals surface area contributed by atoms with E-state index in [9.17, 15) is 9.59 Å². The average Bonchev–Trinajstić information content (AvgIpc) is 2.41. The molecule has 0 spiro atoms. The van der Waals surface area contributed by atoms with Crippen LogP contribution in [0.2, 0.25) is 0 Å². The van der Waals surface area contributed by atoms with Gasteiger partial charge in [-0.25, -0.2) is 4.79 Å². The SMILES string of the molecule is CC(C)C(NC(=O)OC(C)(C)C)C(=O)NNc1ccccc1. The lowest BCUT2D eigenvalue weighted by Crippen LogP contribution is -2.52. The van der Waals surface area contributed by atoms with Gasteiger partial charge in [-0.15, -0.1) is 0 Å². The number of hydrazine groups is 1. The Morgan fingerprint density at radius 1 is 1.09 bits per heavy atom. The first kappa shape index (κ1) is 17.8. The fourth-order valence-electron chi connectivity index (χ4n) is 1.70. The van der Waals surface area contributed by atoms with E-state index >= 15 is 0 Å². The zero-order valence-corrected chi connectivity index (χ0v) is 13.8. The van der Waals surface area contributed by atoms with Crippen LogP contribution in [0.1, 0.15) is 34.6 Å². The molecule has 1 aromatic rings. The minimum Gasteiger partial charge on any atom is -0.444 e. The summed E-state index contributed by atoms with van der Waals surface area (Å²) in [4.78, 5) is 24.0. The van der Waals surface area contributed by atoms with Gasteiger partial charge in [0.1, 0.15) is 11.6 Å². The lowest BCUT2D eigenvalue weighted by atomic mass is 10.0. The Bertz CT molecular complexity index is 495. The summed E-state index contributed by atoms with van der Waals surface area (Å²) in [6, 6.07) is 8.55. The summed E-state index contributed by atoms with van der Waals surface area (Å²) in [7, 11) is 0. The third-order valence-electron chi connectivity index (χ3n) is 2.73. The van der Waals surface area contributed by atoms with Crippen LogP contribution in [-0.2, 0) is 9.53 Å². The van der Waals surface area contributed by atoms with E-state index in [1.54, 1.807) is 20.8 Å². The second-order valence-electron chi connectivity index (χ2n) is 6.35. The summed E-state index contributed by atoms with van der Waals surface area (Å²) in [5, 5.41) is 2.60. The first-order chi connectivity index (χ1) is 10.2. The Kier molecular flexibility index (Phi) is 6.22. The van der Waals surface area contributed by atoms with Gasteiger partial charge in [-0.1, -0.05) is 32.0 Å². The minimum absolute atomic E-state index is 0.0786. The van der Waals surface area contributed by atoms with Crippen LogP contribution in [0.15, 0.2) is 30.3 Å². The molecule has 122 valence electrons. The van der Waals surface area contributed by atoms with Crippen molar-refractivity contribution in [2.75, 3.05) is 5.43 Å². The molecule has 6 heteroatoms. The highest BCUT2D eigenvalue weighted by Gasteiger charge is 2.26. The van der Waals surface area contributed by atoms with Crippen LogP contribution in [0, 0.1) is 5.92 Å². The molecule has 0 aliphatic heterocycles. The lowest BCUT2D eigenvalue weighted by Gasteiger charge is -2.25. The third-order valence-corrected chi connectivity index (χ3v) is 2.73. The van der Waals surface area contributed by atoms with E-state index in [-0.39, 0.29) is 11.8 Å². The van der Waals surface area contributed by atoms with Crippen LogP contribution in [0.25, 0.3) is 0 Å². The van der Waals surface area contributed by atoms with Crippen molar-refractivity contribution in [1.29, 1.82) is 0 Å². The van der Waals surface area contributed by atoms with Gasteiger partial charge in [0.25, 0.3) is 5.91 Å². The average molecular weight is 307 g/mol. The molecular formula is C16H25N3O3. The van der Waals surface area contributed by atoms with Gasteiger partial charge in [-0.2, -0.15) is 0 Å². The molecule has 3 N–H and O–H groups in total. The number of para-hydroxylation sites is 1. The van der Waals surface area contributed by atoms with E-state index in [0.29, 0.717) is 0 Å². The summed E-state index contributed by atoms with van der Waals surface area (Å²) >= 11 is 0. The molecule has 22 heavy (non-hydrogen) atoms. The zero-order chi connectivity index (χ0) is 16.8. The van der Waals surface area contributed by atoms with Gasteiger partial charge >= 0.3 is 6.09 Å². The van der Waals surface area contributed by atoms with Crippen LogP contribution in [-0.4, -0.2) is 23.6 Å². The standard InChI is InChI=1S/C16H25N3O3/c1-11(2)13(17-15(21)22-16(3,4)5)14(20)19-18-12-9-7-6-8-10-12/h6-11,13,18H,1-5H3,(H,17,21)(H,19,20). The smallest absolute Gasteiger partial charge is 0.408 e. The van der Waals surface area contributed by atoms with Gasteiger partial charge in [0.2, 0.25) is 0 Å². The quantitative estimate of drug-likeness (QED) is 0.731. The number of rotatable bonds is 5. The number of alkyl carbamates (subject to hydrolysis) is 1. The van der Waals surface area contributed by atoms with Gasteiger partial charge in [0.15, 0.2) is 0 Å². The van der Waals surface area contributed by atoms with E-state index in [1.807, 2.05) is 44.2 Å². The van der Waals surface area contributed by atoms with Gasteiger partial charge in [0.05, 0.1) is 5.69 Å². The van der Waals surface area contributed by atoms with Crippen LogP contribution in [0.5, 0.6) is 0 Å². The normalized spacial score (nSPS) is 12.5. The van der Waals surface area contributed by atoms with Crippen molar-refractivity contribution >= 4 is 17.7 Å². The number of carbonyl (C=O) groups excluding carboxylic acids is 2. The molecule has 0 fully saturated rings.